The molecular weight excluding hydrogens is 278 g/mol. The van der Waals surface area contributed by atoms with Crippen LogP contribution in [0.15, 0.2) is 29.3 Å². The fraction of sp³-hybridized carbons (Fsp3) is 0.429. The molecular formula is C14H16ClN3S. The van der Waals surface area contributed by atoms with E-state index in [1.165, 1.54) is 0 Å². The molecule has 2 aliphatic rings. The Hall–Kier alpha value is -0.970. The molecule has 0 aromatic heterocycles. The van der Waals surface area contributed by atoms with Gasteiger partial charge in [-0.15, -0.1) is 0 Å². The lowest BCUT2D eigenvalue weighted by atomic mass is 9.99. The highest BCUT2D eigenvalue weighted by molar-refractivity contribution is 7.82. The fourth-order valence-electron chi connectivity index (χ4n) is 2.59. The minimum Gasteiger partial charge on any atom is -0.350 e. The zero-order chi connectivity index (χ0) is 13.5. The number of hydrogen-bond donors (Lipinski definition) is 1. The van der Waals surface area contributed by atoms with E-state index >= 15 is 0 Å². The van der Waals surface area contributed by atoms with Gasteiger partial charge in [0.25, 0.3) is 0 Å². The van der Waals surface area contributed by atoms with Crippen molar-refractivity contribution in [3.8, 4) is 0 Å². The molecule has 0 radical (unpaired) electrons. The molecule has 100 valence electrons. The van der Waals surface area contributed by atoms with E-state index in [0.717, 1.165) is 47.2 Å². The van der Waals surface area contributed by atoms with Gasteiger partial charge in [-0.05, 0) is 19.2 Å². The molecule has 0 saturated carbocycles. The number of nitrogens with zero attached hydrogens (tertiary/aromatic N) is 2. The minimum atomic E-state index is -0.182. The Morgan fingerprint density at radius 1 is 1.26 bits per heavy atom. The number of thiocarbonyl (C=S) groups is 1. The smallest absolute Gasteiger partial charge is 0.133 e. The van der Waals surface area contributed by atoms with Gasteiger partial charge in [-0.25, -0.2) is 0 Å². The molecule has 0 aliphatic carbocycles. The van der Waals surface area contributed by atoms with E-state index in [2.05, 4.69) is 17.3 Å². The predicted octanol–water partition coefficient (Wildman–Crippen LogP) is 2.48. The molecule has 1 saturated heterocycles. The van der Waals surface area contributed by atoms with E-state index in [0.29, 0.717) is 0 Å². The van der Waals surface area contributed by atoms with Crippen molar-refractivity contribution in [1.29, 1.82) is 0 Å². The summed E-state index contributed by atoms with van der Waals surface area (Å²) in [6, 6.07) is 7.70. The molecule has 5 heteroatoms. The average Bonchev–Trinajstić information content (AvgIpc) is 2.72. The maximum atomic E-state index is 5.92. The summed E-state index contributed by atoms with van der Waals surface area (Å²) in [5.74, 6) is 0. The van der Waals surface area contributed by atoms with Crippen LogP contribution in [0.3, 0.4) is 0 Å². The summed E-state index contributed by atoms with van der Waals surface area (Å²) in [6.45, 7) is 2.10. The summed E-state index contributed by atoms with van der Waals surface area (Å²) >= 11 is 11.4. The average molecular weight is 294 g/mol. The number of nitrogens with one attached hydrogen (secondary N) is 1. The third-order valence-electron chi connectivity index (χ3n) is 3.82. The number of benzene rings is 1. The summed E-state index contributed by atoms with van der Waals surface area (Å²) in [7, 11) is 2.14. The van der Waals surface area contributed by atoms with Crippen LogP contribution in [0.2, 0.25) is 5.02 Å². The lowest BCUT2D eigenvalue weighted by Crippen LogP contribution is -2.49. The molecule has 1 fully saturated rings. The van der Waals surface area contributed by atoms with E-state index < -0.39 is 0 Å². The van der Waals surface area contributed by atoms with Gasteiger partial charge in [-0.2, -0.15) is 0 Å². The monoisotopic (exact) mass is 293 g/mol. The molecule has 1 spiro atoms. The summed E-state index contributed by atoms with van der Waals surface area (Å²) < 4.78 is 0. The van der Waals surface area contributed by atoms with Crippen molar-refractivity contribution >= 4 is 34.5 Å². The van der Waals surface area contributed by atoms with Gasteiger partial charge in [0.2, 0.25) is 0 Å². The maximum absolute atomic E-state index is 5.92. The second-order valence-corrected chi connectivity index (χ2v) is 6.10. The Bertz CT molecular complexity index is 530. The molecule has 3 nitrogen and oxygen atoms in total. The molecule has 3 rings (SSSR count). The van der Waals surface area contributed by atoms with Crippen LogP contribution in [0, 0.1) is 0 Å². The van der Waals surface area contributed by atoms with Crippen LogP contribution in [0.4, 0.5) is 0 Å². The largest absolute Gasteiger partial charge is 0.350 e. The van der Waals surface area contributed by atoms with Crippen LogP contribution < -0.4 is 5.32 Å². The SMILES string of the molecule is CN1CCC2(CC1)N=C(c1ccc(Cl)cc1)C(=S)N2. The van der Waals surface area contributed by atoms with Crippen molar-refractivity contribution in [1.82, 2.24) is 10.2 Å². The number of aliphatic imine (C=N–C) groups is 1. The Kier molecular flexibility index (Phi) is 3.33. The molecule has 2 heterocycles. The van der Waals surface area contributed by atoms with E-state index in [1.54, 1.807) is 0 Å². The Morgan fingerprint density at radius 3 is 2.53 bits per heavy atom. The highest BCUT2D eigenvalue weighted by Crippen LogP contribution is 2.28. The van der Waals surface area contributed by atoms with Gasteiger partial charge < -0.3 is 10.2 Å². The highest BCUT2D eigenvalue weighted by Gasteiger charge is 2.39. The molecule has 0 bridgehead atoms. The van der Waals surface area contributed by atoms with Gasteiger partial charge in [-0.3, -0.25) is 4.99 Å². The zero-order valence-corrected chi connectivity index (χ0v) is 12.4. The molecule has 0 unspecified atom stereocenters. The van der Waals surface area contributed by atoms with Gasteiger partial charge in [0.1, 0.15) is 16.4 Å². The summed E-state index contributed by atoms with van der Waals surface area (Å²) in [6.07, 6.45) is 2.00. The first-order chi connectivity index (χ1) is 9.08. The van der Waals surface area contributed by atoms with Gasteiger partial charge in [0, 0.05) is 36.5 Å². The fourth-order valence-corrected chi connectivity index (χ4v) is 3.07. The second-order valence-electron chi connectivity index (χ2n) is 5.26. The van der Waals surface area contributed by atoms with Crippen molar-refractivity contribution < 1.29 is 0 Å². The van der Waals surface area contributed by atoms with Crippen molar-refractivity contribution in [3.63, 3.8) is 0 Å². The summed E-state index contributed by atoms with van der Waals surface area (Å²) in [5, 5.41) is 4.15. The van der Waals surface area contributed by atoms with Gasteiger partial charge in [0.15, 0.2) is 0 Å². The highest BCUT2D eigenvalue weighted by atomic mass is 35.5. The number of rotatable bonds is 1. The standard InChI is InChI=1S/C14H16ClN3S/c1-18-8-6-14(7-9-18)16-12(13(19)17-14)10-2-4-11(15)5-3-10/h2-5H,6-9H2,1H3,(H,17,19). The molecule has 2 aliphatic heterocycles. The molecule has 1 N–H and O–H groups in total. The van der Waals surface area contributed by atoms with Crippen molar-refractivity contribution in [2.24, 2.45) is 4.99 Å². The van der Waals surface area contributed by atoms with E-state index in [4.69, 9.17) is 28.8 Å². The molecule has 0 atom stereocenters. The quantitative estimate of drug-likeness (QED) is 0.806. The maximum Gasteiger partial charge on any atom is 0.133 e. The van der Waals surface area contributed by atoms with Crippen LogP contribution in [-0.4, -0.2) is 41.4 Å². The molecule has 1 aromatic carbocycles. The summed E-state index contributed by atoms with van der Waals surface area (Å²) in [5.41, 5.74) is 1.76. The number of halogens is 1. The van der Waals surface area contributed by atoms with Crippen LogP contribution in [0.1, 0.15) is 18.4 Å². The van der Waals surface area contributed by atoms with Crippen molar-refractivity contribution in [2.75, 3.05) is 20.1 Å². The number of hydrogen-bond acceptors (Lipinski definition) is 3. The molecule has 1 aromatic rings. The van der Waals surface area contributed by atoms with E-state index in [1.807, 2.05) is 24.3 Å². The second kappa shape index (κ2) is 4.85. The normalized spacial score (nSPS) is 22.4. The molecule has 0 amide bonds. The zero-order valence-electron chi connectivity index (χ0n) is 10.8. The lowest BCUT2D eigenvalue weighted by molar-refractivity contribution is 0.185. The first-order valence-electron chi connectivity index (χ1n) is 6.45. The van der Waals surface area contributed by atoms with Crippen molar-refractivity contribution in [3.05, 3.63) is 34.9 Å². The van der Waals surface area contributed by atoms with E-state index in [-0.39, 0.29) is 5.66 Å². The Balaban J connectivity index is 1.89. The summed E-state index contributed by atoms with van der Waals surface area (Å²) in [4.78, 5) is 7.97. The minimum absolute atomic E-state index is 0.182. The van der Waals surface area contributed by atoms with Crippen LogP contribution in [0.25, 0.3) is 0 Å². The third kappa shape index (κ3) is 2.53. The first-order valence-corrected chi connectivity index (χ1v) is 7.23. The lowest BCUT2D eigenvalue weighted by Gasteiger charge is -2.35. The third-order valence-corrected chi connectivity index (χ3v) is 4.37. The van der Waals surface area contributed by atoms with Gasteiger partial charge >= 0.3 is 0 Å². The van der Waals surface area contributed by atoms with Crippen LogP contribution in [0.5, 0.6) is 0 Å². The Morgan fingerprint density at radius 2 is 1.89 bits per heavy atom. The number of piperidine rings is 1. The topological polar surface area (TPSA) is 27.6 Å². The molecule has 19 heavy (non-hydrogen) atoms. The Labute approximate surface area is 123 Å². The first kappa shape index (κ1) is 13.0. The predicted molar refractivity (Wildman–Crippen MR) is 83.2 cm³/mol. The van der Waals surface area contributed by atoms with E-state index in [9.17, 15) is 0 Å². The van der Waals surface area contributed by atoms with Crippen molar-refractivity contribution in [2.45, 2.75) is 18.5 Å². The van der Waals surface area contributed by atoms with Crippen LogP contribution in [-0.2, 0) is 0 Å². The van der Waals surface area contributed by atoms with Gasteiger partial charge in [0.05, 0.1) is 0 Å². The number of likely N-dealkylation sites (tertiary alicyclic amines) is 1. The van der Waals surface area contributed by atoms with Crippen LogP contribution >= 0.6 is 23.8 Å². The van der Waals surface area contributed by atoms with Gasteiger partial charge in [-0.1, -0.05) is 36.0 Å².